The molecule has 102 valence electrons. The monoisotopic (exact) mass is 252 g/mol. The van der Waals surface area contributed by atoms with E-state index in [1.165, 1.54) is 64.2 Å². The van der Waals surface area contributed by atoms with Crippen LogP contribution in [0.5, 0.6) is 0 Å². The van der Waals surface area contributed by atoms with E-state index >= 15 is 0 Å². The minimum absolute atomic E-state index is 0.463. The van der Waals surface area contributed by atoms with Gasteiger partial charge in [-0.15, -0.1) is 0 Å². The Bertz CT molecular complexity index is 309. The van der Waals surface area contributed by atoms with Crippen molar-refractivity contribution in [1.29, 1.82) is 0 Å². The van der Waals surface area contributed by atoms with Crippen LogP contribution in [0.1, 0.15) is 57.8 Å². The molecule has 1 atom stereocenters. The molecule has 0 aliphatic heterocycles. The Morgan fingerprint density at radius 3 is 2.61 bits per heavy atom. The van der Waals surface area contributed by atoms with Gasteiger partial charge < -0.3 is 4.74 Å². The second-order valence-corrected chi connectivity index (χ2v) is 5.46. The Morgan fingerprint density at radius 2 is 1.89 bits per heavy atom. The van der Waals surface area contributed by atoms with Gasteiger partial charge in [0.25, 0.3) is 0 Å². The highest BCUT2D eigenvalue weighted by Crippen LogP contribution is 2.36. The third-order valence-corrected chi connectivity index (χ3v) is 4.32. The van der Waals surface area contributed by atoms with Crippen LogP contribution in [0.25, 0.3) is 0 Å². The molecule has 0 aromatic rings. The summed E-state index contributed by atoms with van der Waals surface area (Å²) < 4.78 is 4.56. The standard InChI is InChI=1S/C14H24N2O2/c1-18-14(17)16-15-13-10-6-5-9-12(13)11-7-3-2-4-8-11/h11-12H,2-10H2,1H3,(H,16,17)/b15-13+. The Kier molecular flexibility index (Phi) is 5.02. The molecule has 2 aliphatic rings. The van der Waals surface area contributed by atoms with Gasteiger partial charge in [-0.2, -0.15) is 5.10 Å². The number of hydrazone groups is 1. The van der Waals surface area contributed by atoms with Crippen molar-refractivity contribution in [3.63, 3.8) is 0 Å². The number of rotatable bonds is 2. The normalized spacial score (nSPS) is 28.1. The summed E-state index contributed by atoms with van der Waals surface area (Å²) >= 11 is 0. The number of ether oxygens (including phenoxy) is 1. The van der Waals surface area contributed by atoms with Crippen LogP contribution in [0, 0.1) is 11.8 Å². The van der Waals surface area contributed by atoms with Gasteiger partial charge in [-0.05, 0) is 38.0 Å². The van der Waals surface area contributed by atoms with E-state index in [1.54, 1.807) is 0 Å². The molecule has 18 heavy (non-hydrogen) atoms. The van der Waals surface area contributed by atoms with E-state index in [1.807, 2.05) is 0 Å². The molecule has 1 unspecified atom stereocenters. The number of carbonyl (C=O) groups is 1. The van der Waals surface area contributed by atoms with E-state index in [2.05, 4.69) is 15.3 Å². The average Bonchev–Trinajstić information content (AvgIpc) is 2.46. The number of nitrogens with zero attached hydrogens (tertiary/aromatic N) is 1. The van der Waals surface area contributed by atoms with Crippen molar-refractivity contribution in [1.82, 2.24) is 5.43 Å². The van der Waals surface area contributed by atoms with Gasteiger partial charge in [0, 0.05) is 11.6 Å². The lowest BCUT2D eigenvalue weighted by molar-refractivity contribution is 0.171. The van der Waals surface area contributed by atoms with Crippen molar-refractivity contribution < 1.29 is 9.53 Å². The SMILES string of the molecule is COC(=O)N/N=C1\CCCCC1C1CCCCC1. The minimum atomic E-state index is -0.463. The third-order valence-electron chi connectivity index (χ3n) is 4.32. The van der Waals surface area contributed by atoms with Gasteiger partial charge in [0.2, 0.25) is 0 Å². The molecule has 2 aliphatic carbocycles. The van der Waals surface area contributed by atoms with Crippen LogP contribution in [0.15, 0.2) is 5.10 Å². The molecule has 0 aromatic carbocycles. The molecule has 4 heteroatoms. The molecule has 0 spiro atoms. The Labute approximate surface area is 109 Å². The van der Waals surface area contributed by atoms with Crippen LogP contribution in [0.4, 0.5) is 4.79 Å². The summed E-state index contributed by atoms with van der Waals surface area (Å²) in [5, 5.41) is 4.30. The lowest BCUT2D eigenvalue weighted by Crippen LogP contribution is -2.31. The zero-order chi connectivity index (χ0) is 12.8. The Morgan fingerprint density at radius 1 is 1.17 bits per heavy atom. The Balaban J connectivity index is 1.98. The lowest BCUT2D eigenvalue weighted by Gasteiger charge is -2.33. The van der Waals surface area contributed by atoms with Crippen LogP contribution in [-0.2, 0) is 4.74 Å². The van der Waals surface area contributed by atoms with Crippen molar-refractivity contribution in [2.24, 2.45) is 16.9 Å². The van der Waals surface area contributed by atoms with Crippen LogP contribution in [-0.4, -0.2) is 18.9 Å². The summed E-state index contributed by atoms with van der Waals surface area (Å²) in [7, 11) is 1.37. The fourth-order valence-corrected chi connectivity index (χ4v) is 3.37. The molecule has 4 nitrogen and oxygen atoms in total. The molecule has 1 N–H and O–H groups in total. The molecule has 2 rings (SSSR count). The number of nitrogens with one attached hydrogen (secondary N) is 1. The first kappa shape index (κ1) is 13.4. The molecule has 0 radical (unpaired) electrons. The van der Waals surface area contributed by atoms with Crippen molar-refractivity contribution in [3.8, 4) is 0 Å². The second-order valence-electron chi connectivity index (χ2n) is 5.46. The van der Waals surface area contributed by atoms with Gasteiger partial charge in [0.05, 0.1) is 7.11 Å². The van der Waals surface area contributed by atoms with Gasteiger partial charge in [-0.25, -0.2) is 10.2 Å². The minimum Gasteiger partial charge on any atom is -0.452 e. The summed E-state index contributed by atoms with van der Waals surface area (Å²) in [6.07, 6.45) is 11.1. The highest BCUT2D eigenvalue weighted by Gasteiger charge is 2.29. The quantitative estimate of drug-likeness (QED) is 0.765. The zero-order valence-electron chi connectivity index (χ0n) is 11.3. The van der Waals surface area contributed by atoms with Crippen molar-refractivity contribution in [2.45, 2.75) is 57.8 Å². The first-order chi connectivity index (χ1) is 8.81. The van der Waals surface area contributed by atoms with Crippen LogP contribution in [0.2, 0.25) is 0 Å². The second kappa shape index (κ2) is 6.76. The number of carbonyl (C=O) groups excluding carboxylic acids is 1. The van der Waals surface area contributed by atoms with E-state index in [-0.39, 0.29) is 0 Å². The Hall–Kier alpha value is -1.06. The predicted molar refractivity (Wildman–Crippen MR) is 71.5 cm³/mol. The summed E-state index contributed by atoms with van der Waals surface area (Å²) in [5.74, 6) is 1.38. The maximum Gasteiger partial charge on any atom is 0.427 e. The van der Waals surface area contributed by atoms with Crippen LogP contribution in [0.3, 0.4) is 0 Å². The maximum absolute atomic E-state index is 11.1. The highest BCUT2D eigenvalue weighted by molar-refractivity contribution is 5.88. The predicted octanol–water partition coefficient (Wildman–Crippen LogP) is 3.47. The average molecular weight is 252 g/mol. The highest BCUT2D eigenvalue weighted by atomic mass is 16.5. The van der Waals surface area contributed by atoms with Gasteiger partial charge in [-0.1, -0.05) is 25.7 Å². The van der Waals surface area contributed by atoms with Gasteiger partial charge in [0.1, 0.15) is 0 Å². The fraction of sp³-hybridized carbons (Fsp3) is 0.857. The summed E-state index contributed by atoms with van der Waals surface area (Å²) in [4.78, 5) is 11.1. The van der Waals surface area contributed by atoms with E-state index < -0.39 is 6.09 Å². The molecule has 1 amide bonds. The number of hydrogen-bond acceptors (Lipinski definition) is 3. The smallest absolute Gasteiger partial charge is 0.427 e. The van der Waals surface area contributed by atoms with E-state index in [9.17, 15) is 4.79 Å². The molecular formula is C14H24N2O2. The first-order valence-corrected chi connectivity index (χ1v) is 7.21. The molecule has 0 saturated heterocycles. The molecule has 0 heterocycles. The van der Waals surface area contributed by atoms with E-state index in [4.69, 9.17) is 0 Å². The van der Waals surface area contributed by atoms with E-state index in [0.29, 0.717) is 5.92 Å². The molecule has 0 aromatic heterocycles. The number of methoxy groups -OCH3 is 1. The van der Waals surface area contributed by atoms with Crippen molar-refractivity contribution >= 4 is 11.8 Å². The number of hydrogen-bond donors (Lipinski definition) is 1. The topological polar surface area (TPSA) is 50.7 Å². The first-order valence-electron chi connectivity index (χ1n) is 7.21. The molecule has 0 bridgehead atoms. The van der Waals surface area contributed by atoms with Gasteiger partial charge >= 0.3 is 6.09 Å². The largest absolute Gasteiger partial charge is 0.452 e. The van der Waals surface area contributed by atoms with E-state index in [0.717, 1.165) is 12.3 Å². The van der Waals surface area contributed by atoms with Crippen molar-refractivity contribution in [2.75, 3.05) is 7.11 Å². The van der Waals surface area contributed by atoms with Crippen LogP contribution >= 0.6 is 0 Å². The lowest BCUT2D eigenvalue weighted by atomic mass is 9.72. The number of amides is 1. The molecular weight excluding hydrogens is 228 g/mol. The maximum atomic E-state index is 11.1. The third kappa shape index (κ3) is 3.47. The summed E-state index contributed by atoms with van der Waals surface area (Å²) in [6, 6.07) is 0. The molecule has 2 saturated carbocycles. The summed E-state index contributed by atoms with van der Waals surface area (Å²) in [6.45, 7) is 0. The van der Waals surface area contributed by atoms with Gasteiger partial charge in [-0.3, -0.25) is 0 Å². The fourth-order valence-electron chi connectivity index (χ4n) is 3.37. The van der Waals surface area contributed by atoms with Gasteiger partial charge in [0.15, 0.2) is 0 Å². The molecule has 2 fully saturated rings. The van der Waals surface area contributed by atoms with Crippen LogP contribution < -0.4 is 5.43 Å². The zero-order valence-corrected chi connectivity index (χ0v) is 11.3. The summed E-state index contributed by atoms with van der Waals surface area (Å²) in [5.41, 5.74) is 3.69. The van der Waals surface area contributed by atoms with Crippen molar-refractivity contribution in [3.05, 3.63) is 0 Å².